The molecule has 18 heavy (non-hydrogen) atoms. The minimum absolute atomic E-state index is 0.0391. The minimum atomic E-state index is -0.306. The fourth-order valence-electron chi connectivity index (χ4n) is 1.87. The number of carbonyl (C=O) groups excluding carboxylic acids is 2. The van der Waals surface area contributed by atoms with Crippen LogP contribution in [-0.2, 0) is 27.4 Å². The van der Waals surface area contributed by atoms with E-state index < -0.39 is 0 Å². The van der Waals surface area contributed by atoms with Gasteiger partial charge in [-0.25, -0.2) is 0 Å². The molecule has 0 spiro atoms. The summed E-state index contributed by atoms with van der Waals surface area (Å²) in [4.78, 5) is 24.5. The molecule has 2 amide bonds. The van der Waals surface area contributed by atoms with Gasteiger partial charge >= 0.3 is 0 Å². The second-order valence-corrected chi connectivity index (χ2v) is 4.82. The van der Waals surface area contributed by atoms with Gasteiger partial charge in [-0.3, -0.25) is 19.2 Å². The SMILES string of the molecule is CCn1nc(C)c(Br)c1CN1C(=O)COCC1=O. The molecule has 1 aliphatic rings. The Labute approximate surface area is 113 Å². The molecule has 1 fully saturated rings. The highest BCUT2D eigenvalue weighted by Gasteiger charge is 2.28. The van der Waals surface area contributed by atoms with Crippen molar-refractivity contribution >= 4 is 27.7 Å². The molecule has 1 aromatic rings. The van der Waals surface area contributed by atoms with Gasteiger partial charge in [-0.15, -0.1) is 0 Å². The zero-order chi connectivity index (χ0) is 13.3. The van der Waals surface area contributed by atoms with Gasteiger partial charge in [0.2, 0.25) is 0 Å². The molecular formula is C11H14BrN3O3. The molecule has 2 rings (SSSR count). The molecule has 0 aliphatic carbocycles. The quantitative estimate of drug-likeness (QED) is 0.776. The van der Waals surface area contributed by atoms with Crippen LogP contribution in [-0.4, -0.2) is 39.7 Å². The standard InChI is InChI=1S/C11H14BrN3O3/c1-3-15-8(11(12)7(2)13-15)4-14-9(16)5-18-6-10(14)17/h3-6H2,1-2H3. The van der Waals surface area contributed by atoms with E-state index in [2.05, 4.69) is 21.0 Å². The molecule has 2 heterocycles. The number of imide groups is 1. The third kappa shape index (κ3) is 2.32. The number of halogens is 1. The number of hydrogen-bond donors (Lipinski definition) is 0. The maximum absolute atomic E-state index is 11.7. The lowest BCUT2D eigenvalue weighted by Crippen LogP contribution is -2.45. The Morgan fingerprint density at radius 2 is 1.94 bits per heavy atom. The van der Waals surface area contributed by atoms with Crippen LogP contribution in [0.15, 0.2) is 4.47 Å². The van der Waals surface area contributed by atoms with Crippen LogP contribution in [0, 0.1) is 6.92 Å². The summed E-state index contributed by atoms with van der Waals surface area (Å²) in [5, 5.41) is 4.33. The Morgan fingerprint density at radius 3 is 2.50 bits per heavy atom. The van der Waals surface area contributed by atoms with Crippen molar-refractivity contribution in [3.8, 4) is 0 Å². The highest BCUT2D eigenvalue weighted by Crippen LogP contribution is 2.23. The zero-order valence-corrected chi connectivity index (χ0v) is 11.9. The molecule has 0 bridgehead atoms. The smallest absolute Gasteiger partial charge is 0.255 e. The topological polar surface area (TPSA) is 64.4 Å². The van der Waals surface area contributed by atoms with Crippen molar-refractivity contribution in [2.75, 3.05) is 13.2 Å². The van der Waals surface area contributed by atoms with Crippen LogP contribution in [0.2, 0.25) is 0 Å². The summed E-state index contributed by atoms with van der Waals surface area (Å²) in [6, 6.07) is 0. The van der Waals surface area contributed by atoms with Crippen LogP contribution in [0.3, 0.4) is 0 Å². The lowest BCUT2D eigenvalue weighted by Gasteiger charge is -2.25. The molecule has 1 saturated heterocycles. The van der Waals surface area contributed by atoms with Gasteiger partial charge in [0.15, 0.2) is 0 Å². The van der Waals surface area contributed by atoms with Gasteiger partial charge < -0.3 is 4.74 Å². The normalized spacial score (nSPS) is 16.5. The Hall–Kier alpha value is -1.21. The third-order valence-corrected chi connectivity index (χ3v) is 3.85. The van der Waals surface area contributed by atoms with E-state index in [0.717, 1.165) is 15.9 Å². The molecule has 0 radical (unpaired) electrons. The minimum Gasteiger partial charge on any atom is -0.362 e. The second kappa shape index (κ2) is 5.19. The van der Waals surface area contributed by atoms with Gasteiger partial charge in [0.1, 0.15) is 13.2 Å². The van der Waals surface area contributed by atoms with Gasteiger partial charge in [-0.1, -0.05) is 0 Å². The van der Waals surface area contributed by atoms with Crippen molar-refractivity contribution in [3.63, 3.8) is 0 Å². The molecular weight excluding hydrogens is 302 g/mol. The number of ether oxygens (including phenoxy) is 1. The number of hydrogen-bond acceptors (Lipinski definition) is 4. The van der Waals surface area contributed by atoms with E-state index in [-0.39, 0.29) is 31.6 Å². The number of aromatic nitrogens is 2. The number of carbonyl (C=O) groups is 2. The Bertz CT molecular complexity index is 482. The van der Waals surface area contributed by atoms with Gasteiger partial charge in [0.25, 0.3) is 11.8 Å². The van der Waals surface area contributed by atoms with Crippen LogP contribution >= 0.6 is 15.9 Å². The van der Waals surface area contributed by atoms with Crippen molar-refractivity contribution in [1.29, 1.82) is 0 Å². The number of amides is 2. The predicted octanol–water partition coefficient (Wildman–Crippen LogP) is 0.859. The highest BCUT2D eigenvalue weighted by molar-refractivity contribution is 9.10. The van der Waals surface area contributed by atoms with Crippen molar-refractivity contribution in [1.82, 2.24) is 14.7 Å². The number of nitrogens with zero attached hydrogens (tertiary/aromatic N) is 3. The molecule has 0 atom stereocenters. The maximum atomic E-state index is 11.7. The van der Waals surface area contributed by atoms with Crippen LogP contribution in [0.25, 0.3) is 0 Å². The summed E-state index contributed by atoms with van der Waals surface area (Å²) < 4.78 is 7.51. The molecule has 7 heteroatoms. The van der Waals surface area contributed by atoms with E-state index in [1.807, 2.05) is 13.8 Å². The Morgan fingerprint density at radius 1 is 1.33 bits per heavy atom. The van der Waals surface area contributed by atoms with Crippen molar-refractivity contribution in [3.05, 3.63) is 15.9 Å². The first kappa shape index (κ1) is 13.2. The Balaban J connectivity index is 2.27. The lowest BCUT2D eigenvalue weighted by atomic mass is 10.3. The zero-order valence-electron chi connectivity index (χ0n) is 10.3. The second-order valence-electron chi connectivity index (χ2n) is 4.03. The molecule has 1 aromatic heterocycles. The number of aryl methyl sites for hydroxylation is 2. The molecule has 0 N–H and O–H groups in total. The number of morpholine rings is 1. The summed E-state index contributed by atoms with van der Waals surface area (Å²) >= 11 is 3.44. The summed E-state index contributed by atoms with van der Waals surface area (Å²) in [6.07, 6.45) is 0. The average molecular weight is 316 g/mol. The molecule has 0 aromatic carbocycles. The van der Waals surface area contributed by atoms with Crippen LogP contribution in [0.1, 0.15) is 18.3 Å². The molecule has 0 saturated carbocycles. The molecule has 0 unspecified atom stereocenters. The molecule has 98 valence electrons. The fourth-order valence-corrected chi connectivity index (χ4v) is 2.28. The van der Waals surface area contributed by atoms with E-state index in [9.17, 15) is 9.59 Å². The lowest BCUT2D eigenvalue weighted by molar-refractivity contribution is -0.159. The largest absolute Gasteiger partial charge is 0.362 e. The van der Waals surface area contributed by atoms with E-state index in [1.165, 1.54) is 4.90 Å². The van der Waals surface area contributed by atoms with Gasteiger partial charge in [-0.2, -0.15) is 5.10 Å². The summed E-state index contributed by atoms with van der Waals surface area (Å²) in [5.41, 5.74) is 1.68. The third-order valence-electron chi connectivity index (χ3n) is 2.81. The fraction of sp³-hybridized carbons (Fsp3) is 0.545. The van der Waals surface area contributed by atoms with E-state index in [4.69, 9.17) is 4.74 Å². The molecule has 6 nitrogen and oxygen atoms in total. The summed E-state index contributed by atoms with van der Waals surface area (Å²) in [6.45, 7) is 4.68. The van der Waals surface area contributed by atoms with Gasteiger partial charge in [-0.05, 0) is 29.8 Å². The summed E-state index contributed by atoms with van der Waals surface area (Å²) in [5.74, 6) is -0.612. The highest BCUT2D eigenvalue weighted by atomic mass is 79.9. The molecule has 1 aliphatic heterocycles. The van der Waals surface area contributed by atoms with Crippen molar-refractivity contribution in [2.45, 2.75) is 26.9 Å². The van der Waals surface area contributed by atoms with E-state index in [0.29, 0.717) is 6.54 Å². The maximum Gasteiger partial charge on any atom is 0.255 e. The van der Waals surface area contributed by atoms with Gasteiger partial charge in [0, 0.05) is 6.54 Å². The van der Waals surface area contributed by atoms with Crippen LogP contribution in [0.4, 0.5) is 0 Å². The predicted molar refractivity (Wildman–Crippen MR) is 66.7 cm³/mol. The van der Waals surface area contributed by atoms with Gasteiger partial charge in [0.05, 0.1) is 22.4 Å². The Kier molecular flexibility index (Phi) is 3.82. The van der Waals surface area contributed by atoms with Crippen LogP contribution < -0.4 is 0 Å². The van der Waals surface area contributed by atoms with Crippen molar-refractivity contribution < 1.29 is 14.3 Å². The summed E-state index contributed by atoms with van der Waals surface area (Å²) in [7, 11) is 0. The van der Waals surface area contributed by atoms with Crippen molar-refractivity contribution in [2.24, 2.45) is 0 Å². The first-order valence-electron chi connectivity index (χ1n) is 5.67. The van der Waals surface area contributed by atoms with E-state index in [1.54, 1.807) is 4.68 Å². The van der Waals surface area contributed by atoms with Crippen LogP contribution in [0.5, 0.6) is 0 Å². The van der Waals surface area contributed by atoms with E-state index >= 15 is 0 Å². The number of rotatable bonds is 3. The monoisotopic (exact) mass is 315 g/mol. The first-order chi connectivity index (χ1) is 8.54. The average Bonchev–Trinajstić information content (AvgIpc) is 2.61. The first-order valence-corrected chi connectivity index (χ1v) is 6.46.